The van der Waals surface area contributed by atoms with Gasteiger partial charge in [-0.1, -0.05) is 30.3 Å². The molecule has 0 aliphatic carbocycles. The van der Waals surface area contributed by atoms with E-state index in [0.717, 1.165) is 6.07 Å². The molecule has 0 bridgehead atoms. The molecule has 2 fully saturated rings. The van der Waals surface area contributed by atoms with Gasteiger partial charge in [0.25, 0.3) is 5.91 Å². The van der Waals surface area contributed by atoms with Gasteiger partial charge in [0, 0.05) is 39.9 Å². The van der Waals surface area contributed by atoms with Crippen LogP contribution in [0.2, 0.25) is 0 Å². The number of nitrogens with zero attached hydrogens (tertiary/aromatic N) is 2. The third-order valence-electron chi connectivity index (χ3n) is 5.77. The Balaban J connectivity index is 1.45. The normalized spacial score (nSPS) is 25.1. The summed E-state index contributed by atoms with van der Waals surface area (Å²) >= 11 is 0. The number of ether oxygens (including phenoxy) is 2. The van der Waals surface area contributed by atoms with E-state index in [2.05, 4.69) is 5.32 Å². The number of hydrogen-bond acceptors (Lipinski definition) is 6. The molecule has 3 aliphatic rings. The Labute approximate surface area is 202 Å². The number of piperidine rings is 1. The lowest BCUT2D eigenvalue weighted by molar-refractivity contribution is -0.136. The van der Waals surface area contributed by atoms with Crippen LogP contribution >= 0.6 is 0 Å². The highest BCUT2D eigenvalue weighted by Gasteiger charge is 2.40. The van der Waals surface area contributed by atoms with Gasteiger partial charge in [-0.25, -0.2) is 0 Å². The molecule has 0 aromatic heterocycles. The molecule has 0 spiro atoms. The van der Waals surface area contributed by atoms with Gasteiger partial charge >= 0.3 is 0 Å². The Morgan fingerprint density at radius 2 is 1.94 bits per heavy atom. The van der Waals surface area contributed by atoms with Crippen molar-refractivity contribution in [3.63, 3.8) is 0 Å². The number of rotatable bonds is 6. The second-order valence-corrected chi connectivity index (χ2v) is 7.92. The van der Waals surface area contributed by atoms with E-state index < -0.39 is 60.5 Å². The first-order chi connectivity index (χ1) is 18.8. The molecule has 1 atom stereocenters. The monoisotopic (exact) mass is 456 g/mol. The highest BCUT2D eigenvalue weighted by atomic mass is 16.5. The molecule has 2 saturated heterocycles. The maximum Gasteiger partial charge on any atom is 0.255 e. The van der Waals surface area contributed by atoms with E-state index in [0.29, 0.717) is 18.8 Å². The zero-order valence-electron chi connectivity index (χ0n) is 24.8. The fourth-order valence-electron chi connectivity index (χ4n) is 4.07. The van der Waals surface area contributed by atoms with Crippen LogP contribution in [0.1, 0.15) is 49.5 Å². The highest BCUT2D eigenvalue weighted by molar-refractivity contribution is 6.05. The zero-order valence-corrected chi connectivity index (χ0v) is 17.8. The number of imide groups is 1. The molecular formula is C25H27N3O5. The summed E-state index contributed by atoms with van der Waals surface area (Å²) in [6, 6.07) is 2.85. The van der Waals surface area contributed by atoms with Crippen molar-refractivity contribution in [2.24, 2.45) is 0 Å². The third-order valence-corrected chi connectivity index (χ3v) is 5.77. The van der Waals surface area contributed by atoms with Crippen molar-refractivity contribution in [2.75, 3.05) is 26.3 Å². The lowest BCUT2D eigenvalue weighted by Crippen LogP contribution is -2.52. The topological polar surface area (TPSA) is 88.2 Å². The first kappa shape index (κ1) is 14.8. The summed E-state index contributed by atoms with van der Waals surface area (Å²) in [4.78, 5) is 39.8. The number of morpholine rings is 1. The largest absolute Gasteiger partial charge is 0.489 e. The van der Waals surface area contributed by atoms with Crippen LogP contribution in [0.3, 0.4) is 0 Å². The number of benzene rings is 2. The van der Waals surface area contributed by atoms with E-state index in [4.69, 9.17) is 19.1 Å². The van der Waals surface area contributed by atoms with Crippen LogP contribution < -0.4 is 10.1 Å². The molecule has 5 rings (SSSR count). The number of carbonyl (C=O) groups is 3. The molecule has 2 aromatic rings. The first-order valence-electron chi connectivity index (χ1n) is 14.2. The van der Waals surface area contributed by atoms with Crippen LogP contribution in [0.5, 0.6) is 5.75 Å². The van der Waals surface area contributed by atoms with Crippen molar-refractivity contribution < 1.29 is 33.5 Å². The minimum Gasteiger partial charge on any atom is -0.489 e. The molecule has 33 heavy (non-hydrogen) atoms. The van der Waals surface area contributed by atoms with E-state index in [1.807, 2.05) is 0 Å². The summed E-state index contributed by atoms with van der Waals surface area (Å²) in [5, 5.41) is 2.22. The standard InChI is InChI=1S/C25H27N3O5/c29-23-9-8-21(24(30)26-23)28-15-20-19(25(28)31)2-1-3-22(20)33-16-18-6-4-17(5-7-18)14-27-10-12-32-13-11-27/h1-7,21H,8-16H2,(H,26,29,30)/i4D,6D,7D,14D2,16D2. The van der Waals surface area contributed by atoms with E-state index in [9.17, 15) is 14.4 Å². The second kappa shape index (κ2) is 9.33. The maximum absolute atomic E-state index is 13.1. The smallest absolute Gasteiger partial charge is 0.255 e. The number of amides is 3. The second-order valence-electron chi connectivity index (χ2n) is 7.92. The first-order valence-corrected chi connectivity index (χ1v) is 10.7. The molecule has 3 heterocycles. The summed E-state index contributed by atoms with van der Waals surface area (Å²) in [5.74, 6) is -1.52. The van der Waals surface area contributed by atoms with Gasteiger partial charge in [-0.05, 0) is 29.7 Å². The molecule has 3 amide bonds. The molecule has 0 radical (unpaired) electrons. The van der Waals surface area contributed by atoms with Crippen LogP contribution in [-0.2, 0) is 33.9 Å². The Morgan fingerprint density at radius 3 is 2.76 bits per heavy atom. The molecule has 8 nitrogen and oxygen atoms in total. The van der Waals surface area contributed by atoms with Crippen molar-refractivity contribution >= 4 is 17.7 Å². The summed E-state index contributed by atoms with van der Waals surface area (Å²) in [6.45, 7) is -3.94. The van der Waals surface area contributed by atoms with E-state index in [-0.39, 0.29) is 49.4 Å². The molecule has 1 unspecified atom stereocenters. The third kappa shape index (κ3) is 4.62. The van der Waals surface area contributed by atoms with Crippen molar-refractivity contribution in [1.82, 2.24) is 15.1 Å². The molecular weight excluding hydrogens is 422 g/mol. The highest BCUT2D eigenvalue weighted by Crippen LogP contribution is 2.34. The van der Waals surface area contributed by atoms with Gasteiger partial charge in [0.2, 0.25) is 11.8 Å². The van der Waals surface area contributed by atoms with Crippen LogP contribution in [0.25, 0.3) is 0 Å². The Hall–Kier alpha value is -3.23. The van der Waals surface area contributed by atoms with Gasteiger partial charge < -0.3 is 14.4 Å². The van der Waals surface area contributed by atoms with Gasteiger partial charge in [0.05, 0.1) is 26.6 Å². The number of fused-ring (bicyclic) bond motifs is 1. The maximum atomic E-state index is 13.1. The number of carbonyl (C=O) groups excluding carboxylic acids is 3. The fourth-order valence-corrected chi connectivity index (χ4v) is 4.07. The Morgan fingerprint density at radius 1 is 1.12 bits per heavy atom. The molecule has 0 saturated carbocycles. The average Bonchev–Trinajstić information content (AvgIpc) is 3.23. The van der Waals surface area contributed by atoms with E-state index >= 15 is 0 Å². The van der Waals surface area contributed by atoms with Crippen LogP contribution in [0, 0.1) is 0 Å². The predicted octanol–water partition coefficient (Wildman–Crippen LogP) is 1.86. The van der Waals surface area contributed by atoms with Gasteiger partial charge in [-0.15, -0.1) is 0 Å². The average molecular weight is 457 g/mol. The molecule has 8 heteroatoms. The van der Waals surface area contributed by atoms with Gasteiger partial charge in [-0.2, -0.15) is 0 Å². The van der Waals surface area contributed by atoms with E-state index in [1.54, 1.807) is 0 Å². The summed E-state index contributed by atoms with van der Waals surface area (Å²) in [7, 11) is 0. The quantitative estimate of drug-likeness (QED) is 0.668. The Kier molecular flexibility index (Phi) is 4.19. The van der Waals surface area contributed by atoms with Gasteiger partial charge in [0.15, 0.2) is 0 Å². The number of hydrogen-bond donors (Lipinski definition) is 1. The Bertz CT molecular complexity index is 1400. The van der Waals surface area contributed by atoms with Crippen molar-refractivity contribution in [3.05, 3.63) is 64.6 Å². The lowest BCUT2D eigenvalue weighted by Gasteiger charge is -2.29. The predicted molar refractivity (Wildman–Crippen MR) is 119 cm³/mol. The summed E-state index contributed by atoms with van der Waals surface area (Å²) in [6.07, 6.45) is 0.234. The zero-order chi connectivity index (χ0) is 29.0. The molecule has 2 aromatic carbocycles. The minimum absolute atomic E-state index is 0.0382. The summed E-state index contributed by atoms with van der Waals surface area (Å²) in [5.41, 5.74) is -0.269. The van der Waals surface area contributed by atoms with Crippen LogP contribution in [0.4, 0.5) is 0 Å². The SMILES string of the molecule is [2H]c1cc(C([2H])([2H])N2CCOCC2)c([2H])c([2H])c1C([2H])([2H])Oc1cccc2c1CN(C1CCC(=O)NC1=O)C2=O. The van der Waals surface area contributed by atoms with Gasteiger partial charge in [0.1, 0.15) is 18.4 Å². The minimum atomic E-state index is -2.80. The van der Waals surface area contributed by atoms with Gasteiger partial charge in [-0.3, -0.25) is 24.6 Å². The van der Waals surface area contributed by atoms with Crippen molar-refractivity contribution in [1.29, 1.82) is 0 Å². The molecule has 1 N–H and O–H groups in total. The van der Waals surface area contributed by atoms with Crippen molar-refractivity contribution in [3.8, 4) is 5.75 Å². The lowest BCUT2D eigenvalue weighted by atomic mass is 10.0. The van der Waals surface area contributed by atoms with E-state index in [1.165, 1.54) is 28.0 Å². The molecule has 3 aliphatic heterocycles. The van der Waals surface area contributed by atoms with Crippen LogP contribution in [0.15, 0.2) is 42.4 Å². The molecule has 172 valence electrons. The number of nitrogens with one attached hydrogen (secondary N) is 1. The fraction of sp³-hybridized carbons (Fsp3) is 0.400. The van der Waals surface area contributed by atoms with Crippen LogP contribution in [-0.4, -0.2) is 59.9 Å². The summed E-state index contributed by atoms with van der Waals surface area (Å²) < 4.78 is 70.8. The van der Waals surface area contributed by atoms with Crippen molar-refractivity contribution in [2.45, 2.75) is 38.5 Å².